The van der Waals surface area contributed by atoms with Crippen LogP contribution in [0.3, 0.4) is 0 Å². The maximum Gasteiger partial charge on any atom is 0.233 e. The molecule has 22 heavy (non-hydrogen) atoms. The van der Waals surface area contributed by atoms with Crippen molar-refractivity contribution in [2.75, 3.05) is 0 Å². The highest BCUT2D eigenvalue weighted by Gasteiger charge is 2.19. The third-order valence-corrected chi connectivity index (χ3v) is 3.64. The molecule has 0 amide bonds. The van der Waals surface area contributed by atoms with Crippen LogP contribution in [0.4, 0.5) is 0 Å². The van der Waals surface area contributed by atoms with E-state index in [1.54, 1.807) is 61.1 Å². The Balaban J connectivity index is 1.72. The number of hydrogen-bond acceptors (Lipinski definition) is 4. The Morgan fingerprint density at radius 2 is 1.09 bits per heavy atom. The lowest BCUT2D eigenvalue weighted by Gasteiger charge is -2.01. The van der Waals surface area contributed by atoms with Gasteiger partial charge in [-0.15, -0.1) is 0 Å². The summed E-state index contributed by atoms with van der Waals surface area (Å²) < 4.78 is 10.5. The number of fused-ring (bicyclic) bond motifs is 2. The number of rotatable bonds is 3. The second kappa shape index (κ2) is 4.70. The van der Waals surface area contributed by atoms with Crippen molar-refractivity contribution >= 4 is 33.5 Å². The summed E-state index contributed by atoms with van der Waals surface area (Å²) in [5.74, 6) is -1.07. The van der Waals surface area contributed by atoms with Gasteiger partial charge in [-0.3, -0.25) is 9.59 Å². The van der Waals surface area contributed by atoms with Crippen molar-refractivity contribution in [2.45, 2.75) is 0 Å². The summed E-state index contributed by atoms with van der Waals surface area (Å²) in [7, 11) is 0. The fourth-order valence-electron chi connectivity index (χ4n) is 2.48. The Morgan fingerprint density at radius 3 is 1.55 bits per heavy atom. The molecular formula is C18H10O4. The topological polar surface area (TPSA) is 60.4 Å². The van der Waals surface area contributed by atoms with E-state index in [-0.39, 0.29) is 0 Å². The normalized spacial score (nSPS) is 11.1. The molecule has 2 heterocycles. The SMILES string of the molecule is O=C(C(=O)c1ccc2occc2c1)c1ccc2occc2c1. The van der Waals surface area contributed by atoms with E-state index in [9.17, 15) is 9.59 Å². The Morgan fingerprint density at radius 1 is 0.636 bits per heavy atom. The van der Waals surface area contributed by atoms with Crippen molar-refractivity contribution in [3.63, 3.8) is 0 Å². The molecule has 0 fully saturated rings. The smallest absolute Gasteiger partial charge is 0.233 e. The van der Waals surface area contributed by atoms with Gasteiger partial charge in [0, 0.05) is 21.9 Å². The van der Waals surface area contributed by atoms with E-state index < -0.39 is 11.6 Å². The zero-order chi connectivity index (χ0) is 15.1. The molecule has 0 N–H and O–H groups in total. The number of Topliss-reactive ketones (excluding diaryl/α,β-unsaturated/α-hetero) is 2. The van der Waals surface area contributed by atoms with Crippen LogP contribution >= 0.6 is 0 Å². The van der Waals surface area contributed by atoms with E-state index in [0.29, 0.717) is 22.3 Å². The van der Waals surface area contributed by atoms with Crippen LogP contribution in [0, 0.1) is 0 Å². The highest BCUT2D eigenvalue weighted by molar-refractivity contribution is 6.49. The Labute approximate surface area is 124 Å². The van der Waals surface area contributed by atoms with Crippen LogP contribution < -0.4 is 0 Å². The molecule has 0 atom stereocenters. The molecule has 0 spiro atoms. The van der Waals surface area contributed by atoms with Gasteiger partial charge < -0.3 is 8.83 Å². The zero-order valence-electron chi connectivity index (χ0n) is 11.4. The van der Waals surface area contributed by atoms with Crippen LogP contribution in [-0.4, -0.2) is 11.6 Å². The zero-order valence-corrected chi connectivity index (χ0v) is 11.4. The van der Waals surface area contributed by atoms with Gasteiger partial charge in [-0.05, 0) is 48.5 Å². The van der Waals surface area contributed by atoms with E-state index in [0.717, 1.165) is 10.8 Å². The van der Waals surface area contributed by atoms with Crippen LogP contribution in [0.5, 0.6) is 0 Å². The molecule has 2 aromatic carbocycles. The second-order valence-corrected chi connectivity index (χ2v) is 5.00. The highest BCUT2D eigenvalue weighted by Crippen LogP contribution is 2.20. The number of carbonyl (C=O) groups is 2. The van der Waals surface area contributed by atoms with E-state index in [4.69, 9.17) is 8.83 Å². The third kappa shape index (κ3) is 1.93. The summed E-state index contributed by atoms with van der Waals surface area (Å²) >= 11 is 0. The summed E-state index contributed by atoms with van der Waals surface area (Å²) in [6.45, 7) is 0. The monoisotopic (exact) mass is 290 g/mol. The van der Waals surface area contributed by atoms with Gasteiger partial charge in [0.15, 0.2) is 0 Å². The Hall–Kier alpha value is -3.14. The van der Waals surface area contributed by atoms with Crippen molar-refractivity contribution < 1.29 is 18.4 Å². The summed E-state index contributed by atoms with van der Waals surface area (Å²) in [6.07, 6.45) is 3.10. The number of hydrogen-bond donors (Lipinski definition) is 0. The quantitative estimate of drug-likeness (QED) is 0.418. The van der Waals surface area contributed by atoms with E-state index in [1.807, 2.05) is 0 Å². The minimum atomic E-state index is -0.536. The van der Waals surface area contributed by atoms with Gasteiger partial charge in [0.1, 0.15) is 11.2 Å². The van der Waals surface area contributed by atoms with Crippen LogP contribution in [0.2, 0.25) is 0 Å². The van der Waals surface area contributed by atoms with Gasteiger partial charge in [-0.2, -0.15) is 0 Å². The summed E-state index contributed by atoms with van der Waals surface area (Å²) in [5.41, 5.74) is 2.07. The average Bonchev–Trinajstić information content (AvgIpc) is 3.20. The highest BCUT2D eigenvalue weighted by atomic mass is 16.3. The van der Waals surface area contributed by atoms with Gasteiger partial charge in [0.2, 0.25) is 11.6 Å². The first kappa shape index (κ1) is 12.6. The number of furan rings is 2. The molecule has 0 aliphatic heterocycles. The molecule has 4 nitrogen and oxygen atoms in total. The van der Waals surface area contributed by atoms with Crippen molar-refractivity contribution in [3.05, 3.63) is 72.2 Å². The summed E-state index contributed by atoms with van der Waals surface area (Å²) in [4.78, 5) is 24.8. The number of carbonyl (C=O) groups excluding carboxylic acids is 2. The van der Waals surface area contributed by atoms with Crippen LogP contribution in [0.15, 0.2) is 69.9 Å². The summed E-state index contributed by atoms with van der Waals surface area (Å²) in [6, 6.07) is 13.4. The molecule has 0 radical (unpaired) electrons. The minimum Gasteiger partial charge on any atom is -0.464 e. The lowest BCUT2D eigenvalue weighted by molar-refractivity contribution is 0.0817. The van der Waals surface area contributed by atoms with Crippen molar-refractivity contribution in [1.29, 1.82) is 0 Å². The third-order valence-electron chi connectivity index (χ3n) is 3.64. The number of benzene rings is 2. The molecular weight excluding hydrogens is 280 g/mol. The van der Waals surface area contributed by atoms with Crippen molar-refractivity contribution in [1.82, 2.24) is 0 Å². The largest absolute Gasteiger partial charge is 0.464 e. The van der Waals surface area contributed by atoms with E-state index >= 15 is 0 Å². The molecule has 0 unspecified atom stereocenters. The maximum absolute atomic E-state index is 12.4. The van der Waals surface area contributed by atoms with Gasteiger partial charge in [-0.1, -0.05) is 0 Å². The molecule has 4 aromatic rings. The maximum atomic E-state index is 12.4. The fourth-order valence-corrected chi connectivity index (χ4v) is 2.48. The van der Waals surface area contributed by atoms with Crippen LogP contribution in [0.25, 0.3) is 21.9 Å². The van der Waals surface area contributed by atoms with Gasteiger partial charge >= 0.3 is 0 Å². The molecule has 106 valence electrons. The second-order valence-electron chi connectivity index (χ2n) is 5.00. The Kier molecular flexibility index (Phi) is 2.69. The number of ketones is 2. The van der Waals surface area contributed by atoms with Gasteiger partial charge in [-0.25, -0.2) is 0 Å². The van der Waals surface area contributed by atoms with Gasteiger partial charge in [0.05, 0.1) is 12.5 Å². The molecule has 2 aromatic heterocycles. The molecule has 0 aliphatic carbocycles. The minimum absolute atomic E-state index is 0.353. The van der Waals surface area contributed by atoms with Gasteiger partial charge in [0.25, 0.3) is 0 Å². The first-order valence-corrected chi connectivity index (χ1v) is 6.76. The molecule has 0 bridgehead atoms. The van der Waals surface area contributed by atoms with Crippen molar-refractivity contribution in [3.8, 4) is 0 Å². The van der Waals surface area contributed by atoms with Crippen LogP contribution in [-0.2, 0) is 0 Å². The lowest BCUT2D eigenvalue weighted by Crippen LogP contribution is -2.14. The fraction of sp³-hybridized carbons (Fsp3) is 0. The molecule has 4 rings (SSSR count). The average molecular weight is 290 g/mol. The molecule has 0 saturated carbocycles. The van der Waals surface area contributed by atoms with E-state index in [2.05, 4.69) is 0 Å². The molecule has 0 saturated heterocycles. The molecule has 4 heteroatoms. The standard InChI is InChI=1S/C18H10O4/c19-17(13-1-3-15-11(9-13)5-7-21-15)18(20)14-2-4-16-12(10-14)6-8-22-16/h1-10H. The molecule has 0 aliphatic rings. The lowest BCUT2D eigenvalue weighted by atomic mass is 10.00. The first-order chi connectivity index (χ1) is 10.7. The van der Waals surface area contributed by atoms with Crippen LogP contribution in [0.1, 0.15) is 20.7 Å². The predicted octanol–water partition coefficient (Wildman–Crippen LogP) is 4.24. The summed E-state index contributed by atoms with van der Waals surface area (Å²) in [5, 5.41) is 1.59. The van der Waals surface area contributed by atoms with Crippen molar-refractivity contribution in [2.24, 2.45) is 0 Å². The first-order valence-electron chi connectivity index (χ1n) is 6.76. The Bertz CT molecular complexity index is 936. The van der Waals surface area contributed by atoms with E-state index in [1.165, 1.54) is 0 Å². The predicted molar refractivity (Wildman–Crippen MR) is 81.1 cm³/mol.